The molecule has 82 valence electrons. The highest BCUT2D eigenvalue weighted by atomic mass is 19.3. The molecule has 1 atom stereocenters. The minimum atomic E-state index is -2.72. The number of likely N-dealkylation sites (tertiary alicyclic amines) is 1. The molecule has 14 heavy (non-hydrogen) atoms. The molecule has 0 aliphatic carbocycles. The third-order valence-electron chi connectivity index (χ3n) is 2.36. The average molecular weight is 206 g/mol. The lowest BCUT2D eigenvalue weighted by molar-refractivity contribution is -0.168. The highest BCUT2D eigenvalue weighted by Crippen LogP contribution is 2.29. The van der Waals surface area contributed by atoms with Crippen molar-refractivity contribution in [3.63, 3.8) is 0 Å². The predicted octanol–water partition coefficient (Wildman–Crippen LogP) is 0.837. The number of hydrogen-bond acceptors (Lipinski definition) is 2. The van der Waals surface area contributed by atoms with Crippen molar-refractivity contribution in [1.82, 2.24) is 4.90 Å². The van der Waals surface area contributed by atoms with E-state index >= 15 is 0 Å². The number of nitrogens with zero attached hydrogens (tertiary/aromatic N) is 1. The summed E-state index contributed by atoms with van der Waals surface area (Å²) in [5.41, 5.74) is 5.27. The van der Waals surface area contributed by atoms with E-state index in [9.17, 15) is 13.6 Å². The van der Waals surface area contributed by atoms with Gasteiger partial charge in [0.05, 0.1) is 19.1 Å². The van der Waals surface area contributed by atoms with Crippen molar-refractivity contribution in [1.29, 1.82) is 0 Å². The maximum absolute atomic E-state index is 12.5. The summed E-state index contributed by atoms with van der Waals surface area (Å²) in [7, 11) is 0. The van der Waals surface area contributed by atoms with Crippen LogP contribution in [0.4, 0.5) is 8.78 Å². The molecule has 1 aliphatic heterocycles. The Balaban J connectivity index is 2.53. The zero-order chi connectivity index (χ0) is 11.1. The van der Waals surface area contributed by atoms with Gasteiger partial charge < -0.3 is 10.6 Å². The Kier molecular flexibility index (Phi) is 2.56. The molecule has 0 bridgehead atoms. The van der Waals surface area contributed by atoms with E-state index in [2.05, 4.69) is 0 Å². The van der Waals surface area contributed by atoms with Gasteiger partial charge in [-0.3, -0.25) is 4.79 Å². The van der Waals surface area contributed by atoms with Gasteiger partial charge in [-0.05, 0) is 5.41 Å². The highest BCUT2D eigenvalue weighted by molar-refractivity contribution is 5.83. The molecule has 1 saturated heterocycles. The second-order valence-corrected chi connectivity index (χ2v) is 4.89. The van der Waals surface area contributed by atoms with Crippen LogP contribution in [0.15, 0.2) is 0 Å². The van der Waals surface area contributed by atoms with Crippen molar-refractivity contribution in [2.75, 3.05) is 13.1 Å². The van der Waals surface area contributed by atoms with E-state index in [4.69, 9.17) is 5.73 Å². The number of halogens is 2. The summed E-state index contributed by atoms with van der Waals surface area (Å²) in [6, 6.07) is -0.710. The third kappa shape index (κ3) is 2.20. The van der Waals surface area contributed by atoms with E-state index < -0.39 is 25.1 Å². The molecule has 0 radical (unpaired) electrons. The third-order valence-corrected chi connectivity index (χ3v) is 2.36. The Morgan fingerprint density at radius 1 is 1.43 bits per heavy atom. The van der Waals surface area contributed by atoms with Crippen molar-refractivity contribution < 1.29 is 13.6 Å². The van der Waals surface area contributed by atoms with Gasteiger partial charge >= 0.3 is 0 Å². The smallest absolute Gasteiger partial charge is 0.282 e. The number of rotatable bonds is 1. The molecule has 5 heteroatoms. The molecular formula is C9H16F2N2O. The molecule has 1 fully saturated rings. The molecule has 0 spiro atoms. The molecule has 0 aromatic heterocycles. The molecule has 0 saturated carbocycles. The van der Waals surface area contributed by atoms with Crippen LogP contribution in [-0.2, 0) is 4.79 Å². The van der Waals surface area contributed by atoms with E-state index in [0.29, 0.717) is 0 Å². The minimum Gasteiger partial charge on any atom is -0.329 e. The Labute approximate surface area is 82.2 Å². The average Bonchev–Trinajstić information content (AvgIpc) is 1.95. The standard InChI is InChI=1S/C9H16F2N2O/c1-8(2,3)6(12)7(14)13-4-9(10,11)5-13/h6H,4-5,12H2,1-3H3. The molecule has 3 nitrogen and oxygen atoms in total. The Bertz CT molecular complexity index is 240. The van der Waals surface area contributed by atoms with Crippen LogP contribution < -0.4 is 5.73 Å². The summed E-state index contributed by atoms with van der Waals surface area (Å²) in [4.78, 5) is 12.6. The topological polar surface area (TPSA) is 46.3 Å². The molecule has 0 aromatic rings. The lowest BCUT2D eigenvalue weighted by atomic mass is 9.86. The van der Waals surface area contributed by atoms with E-state index in [1.807, 2.05) is 20.8 Å². The van der Waals surface area contributed by atoms with Crippen LogP contribution in [0.1, 0.15) is 20.8 Å². The fourth-order valence-corrected chi connectivity index (χ4v) is 1.24. The monoisotopic (exact) mass is 206 g/mol. The van der Waals surface area contributed by atoms with E-state index in [-0.39, 0.29) is 11.3 Å². The summed E-state index contributed by atoms with van der Waals surface area (Å²) in [5.74, 6) is -3.10. The highest BCUT2D eigenvalue weighted by Gasteiger charge is 2.48. The number of alkyl halides is 2. The summed E-state index contributed by atoms with van der Waals surface area (Å²) in [6.45, 7) is 4.46. The van der Waals surface area contributed by atoms with Crippen molar-refractivity contribution >= 4 is 5.91 Å². The van der Waals surface area contributed by atoms with Crippen LogP contribution in [0.2, 0.25) is 0 Å². The van der Waals surface area contributed by atoms with Crippen molar-refractivity contribution in [2.45, 2.75) is 32.7 Å². The second-order valence-electron chi connectivity index (χ2n) is 4.89. The first-order chi connectivity index (χ1) is 6.13. The van der Waals surface area contributed by atoms with Crippen LogP contribution >= 0.6 is 0 Å². The largest absolute Gasteiger partial charge is 0.329 e. The summed E-state index contributed by atoms with van der Waals surface area (Å²) >= 11 is 0. The number of amides is 1. The van der Waals surface area contributed by atoms with Crippen LogP contribution in [-0.4, -0.2) is 35.9 Å². The molecule has 1 unspecified atom stereocenters. The lowest BCUT2D eigenvalue weighted by Gasteiger charge is -2.41. The van der Waals surface area contributed by atoms with Gasteiger partial charge in [0.15, 0.2) is 0 Å². The molecule has 1 aliphatic rings. The number of hydrogen-bond donors (Lipinski definition) is 1. The summed E-state index contributed by atoms with van der Waals surface area (Å²) in [6.07, 6.45) is 0. The maximum atomic E-state index is 12.5. The molecule has 1 heterocycles. The van der Waals surface area contributed by atoms with Gasteiger partial charge in [-0.2, -0.15) is 0 Å². The van der Waals surface area contributed by atoms with Crippen LogP contribution in [0, 0.1) is 5.41 Å². The van der Waals surface area contributed by atoms with Crippen LogP contribution in [0.3, 0.4) is 0 Å². The number of nitrogens with two attached hydrogens (primary N) is 1. The van der Waals surface area contributed by atoms with Gasteiger partial charge in [0.25, 0.3) is 5.92 Å². The van der Waals surface area contributed by atoms with Crippen LogP contribution in [0.5, 0.6) is 0 Å². The van der Waals surface area contributed by atoms with E-state index in [1.165, 1.54) is 0 Å². The van der Waals surface area contributed by atoms with Crippen LogP contribution in [0.25, 0.3) is 0 Å². The molecular weight excluding hydrogens is 190 g/mol. The Morgan fingerprint density at radius 2 is 1.86 bits per heavy atom. The zero-order valence-corrected chi connectivity index (χ0v) is 8.68. The van der Waals surface area contributed by atoms with Crippen molar-refractivity contribution in [2.24, 2.45) is 11.1 Å². The van der Waals surface area contributed by atoms with Gasteiger partial charge in [-0.1, -0.05) is 20.8 Å². The van der Waals surface area contributed by atoms with E-state index in [0.717, 1.165) is 4.90 Å². The molecule has 0 aromatic carbocycles. The molecule has 2 N–H and O–H groups in total. The lowest BCUT2D eigenvalue weighted by Crippen LogP contribution is -2.63. The van der Waals surface area contributed by atoms with Crippen molar-refractivity contribution in [3.05, 3.63) is 0 Å². The first-order valence-electron chi connectivity index (χ1n) is 4.56. The first-order valence-corrected chi connectivity index (χ1v) is 4.56. The normalized spacial score (nSPS) is 22.9. The van der Waals surface area contributed by atoms with Gasteiger partial charge in [0.2, 0.25) is 5.91 Å². The second kappa shape index (κ2) is 3.15. The maximum Gasteiger partial charge on any atom is 0.282 e. The molecule has 1 rings (SSSR count). The fraction of sp³-hybridized carbons (Fsp3) is 0.889. The predicted molar refractivity (Wildman–Crippen MR) is 49.0 cm³/mol. The van der Waals surface area contributed by atoms with Gasteiger partial charge in [-0.25, -0.2) is 8.78 Å². The van der Waals surface area contributed by atoms with Gasteiger partial charge in [0.1, 0.15) is 0 Å². The number of carbonyl (C=O) groups excluding carboxylic acids is 1. The minimum absolute atomic E-state index is 0.386. The summed E-state index contributed by atoms with van der Waals surface area (Å²) in [5, 5.41) is 0. The SMILES string of the molecule is CC(C)(C)C(N)C(=O)N1CC(F)(F)C1. The first kappa shape index (κ1) is 11.4. The van der Waals surface area contributed by atoms with Crippen molar-refractivity contribution in [3.8, 4) is 0 Å². The number of carbonyl (C=O) groups is 1. The summed E-state index contributed by atoms with van der Waals surface area (Å²) < 4.78 is 24.9. The zero-order valence-electron chi connectivity index (χ0n) is 8.68. The van der Waals surface area contributed by atoms with Gasteiger partial charge in [-0.15, -0.1) is 0 Å². The van der Waals surface area contributed by atoms with E-state index in [1.54, 1.807) is 0 Å². The quantitative estimate of drug-likeness (QED) is 0.691. The molecule has 1 amide bonds. The Hall–Kier alpha value is -0.710. The fourth-order valence-electron chi connectivity index (χ4n) is 1.24. The Morgan fingerprint density at radius 3 is 2.14 bits per heavy atom. The van der Waals surface area contributed by atoms with Gasteiger partial charge in [0, 0.05) is 0 Å².